The van der Waals surface area contributed by atoms with Crippen molar-refractivity contribution in [2.75, 3.05) is 34.2 Å². The molecule has 0 bridgehead atoms. The van der Waals surface area contributed by atoms with Crippen LogP contribution < -0.4 is 5.32 Å². The van der Waals surface area contributed by atoms with E-state index in [9.17, 15) is 0 Å². The van der Waals surface area contributed by atoms with Crippen LogP contribution in [0.5, 0.6) is 0 Å². The van der Waals surface area contributed by atoms with Crippen LogP contribution in [0.4, 0.5) is 0 Å². The fourth-order valence-electron chi connectivity index (χ4n) is 3.42. The van der Waals surface area contributed by atoms with E-state index in [0.717, 1.165) is 18.1 Å². The summed E-state index contributed by atoms with van der Waals surface area (Å²) >= 11 is 0. The van der Waals surface area contributed by atoms with Crippen LogP contribution in [0.1, 0.15) is 32.1 Å². The second-order valence-corrected chi connectivity index (χ2v) is 5.65. The van der Waals surface area contributed by atoms with E-state index < -0.39 is 0 Å². The fraction of sp³-hybridized carbons (Fsp3) is 1.00. The van der Waals surface area contributed by atoms with Gasteiger partial charge in [0.05, 0.1) is 0 Å². The van der Waals surface area contributed by atoms with Crippen LogP contribution in [-0.4, -0.2) is 62.2 Å². The molecule has 2 fully saturated rings. The molecule has 1 N–H and O–H groups in total. The van der Waals surface area contributed by atoms with Gasteiger partial charge in [-0.25, -0.2) is 0 Å². The molecule has 1 aliphatic carbocycles. The van der Waals surface area contributed by atoms with Crippen molar-refractivity contribution in [1.82, 2.24) is 15.1 Å². The van der Waals surface area contributed by atoms with E-state index in [1.165, 1.54) is 45.2 Å². The molecule has 0 aromatic heterocycles. The van der Waals surface area contributed by atoms with Gasteiger partial charge >= 0.3 is 0 Å². The van der Waals surface area contributed by atoms with Gasteiger partial charge in [0.15, 0.2) is 0 Å². The van der Waals surface area contributed by atoms with Crippen LogP contribution in [0.3, 0.4) is 0 Å². The van der Waals surface area contributed by atoms with Crippen LogP contribution in [0.25, 0.3) is 0 Å². The molecule has 2 rings (SSSR count). The summed E-state index contributed by atoms with van der Waals surface area (Å²) in [6.07, 6.45) is 6.91. The zero-order chi connectivity index (χ0) is 11.5. The van der Waals surface area contributed by atoms with E-state index in [2.05, 4.69) is 36.3 Å². The Hall–Kier alpha value is -0.120. The second kappa shape index (κ2) is 5.48. The normalized spacial score (nSPS) is 37.1. The summed E-state index contributed by atoms with van der Waals surface area (Å²) < 4.78 is 0. The molecule has 1 saturated carbocycles. The van der Waals surface area contributed by atoms with Crippen LogP contribution in [-0.2, 0) is 0 Å². The molecule has 0 aromatic rings. The zero-order valence-electron chi connectivity index (χ0n) is 11.1. The maximum absolute atomic E-state index is 3.50. The standard InChI is InChI=1S/C13H27N3/c1-14-12-7-4-8-13(12)16-9-5-6-11(10-16)15(2)3/h11-14H,4-10H2,1-3H3. The third kappa shape index (κ3) is 2.58. The Bertz CT molecular complexity index is 217. The first-order chi connectivity index (χ1) is 7.72. The highest BCUT2D eigenvalue weighted by Gasteiger charge is 2.34. The van der Waals surface area contributed by atoms with Crippen molar-refractivity contribution >= 4 is 0 Å². The Morgan fingerprint density at radius 1 is 1.12 bits per heavy atom. The van der Waals surface area contributed by atoms with Gasteiger partial charge in [-0.05, 0) is 53.4 Å². The predicted molar refractivity (Wildman–Crippen MR) is 68.8 cm³/mol. The van der Waals surface area contributed by atoms with E-state index in [0.29, 0.717) is 0 Å². The van der Waals surface area contributed by atoms with Crippen molar-refractivity contribution in [3.8, 4) is 0 Å². The first-order valence-electron chi connectivity index (χ1n) is 6.80. The molecule has 0 radical (unpaired) electrons. The maximum atomic E-state index is 3.50. The molecule has 0 aromatic carbocycles. The van der Waals surface area contributed by atoms with Crippen LogP contribution in [0.15, 0.2) is 0 Å². The third-order valence-corrected chi connectivity index (χ3v) is 4.48. The summed E-state index contributed by atoms with van der Waals surface area (Å²) in [5, 5.41) is 3.50. The number of rotatable bonds is 3. The van der Waals surface area contributed by atoms with Crippen molar-refractivity contribution in [1.29, 1.82) is 0 Å². The molecule has 1 aliphatic heterocycles. The molecule has 3 atom stereocenters. The minimum Gasteiger partial charge on any atom is -0.315 e. The number of likely N-dealkylation sites (N-methyl/N-ethyl adjacent to an activating group) is 2. The average molecular weight is 225 g/mol. The lowest BCUT2D eigenvalue weighted by molar-refractivity contribution is 0.0876. The van der Waals surface area contributed by atoms with Crippen LogP contribution in [0.2, 0.25) is 0 Å². The predicted octanol–water partition coefficient (Wildman–Crippen LogP) is 1.15. The Morgan fingerprint density at radius 3 is 2.62 bits per heavy atom. The highest BCUT2D eigenvalue weighted by molar-refractivity contribution is 4.92. The summed E-state index contributed by atoms with van der Waals surface area (Å²) in [5.74, 6) is 0. The van der Waals surface area contributed by atoms with E-state index in [4.69, 9.17) is 0 Å². The summed E-state index contributed by atoms with van der Waals surface area (Å²) in [7, 11) is 6.56. The minimum absolute atomic E-state index is 0.737. The van der Waals surface area contributed by atoms with Gasteiger partial charge in [0.25, 0.3) is 0 Å². The third-order valence-electron chi connectivity index (χ3n) is 4.48. The number of nitrogens with zero attached hydrogens (tertiary/aromatic N) is 2. The smallest absolute Gasteiger partial charge is 0.0249 e. The molecule has 16 heavy (non-hydrogen) atoms. The summed E-state index contributed by atoms with van der Waals surface area (Å²) in [6, 6.07) is 2.31. The monoisotopic (exact) mass is 225 g/mol. The highest BCUT2D eigenvalue weighted by atomic mass is 15.2. The minimum atomic E-state index is 0.737. The highest BCUT2D eigenvalue weighted by Crippen LogP contribution is 2.27. The fourth-order valence-corrected chi connectivity index (χ4v) is 3.42. The maximum Gasteiger partial charge on any atom is 0.0249 e. The number of likely N-dealkylation sites (tertiary alicyclic amines) is 1. The lowest BCUT2D eigenvalue weighted by atomic mass is 10.0. The Kier molecular flexibility index (Phi) is 4.22. The molecular formula is C13H27N3. The largest absolute Gasteiger partial charge is 0.315 e. The molecule has 2 aliphatic rings. The van der Waals surface area contributed by atoms with Gasteiger partial charge in [-0.1, -0.05) is 6.42 Å². The zero-order valence-corrected chi connectivity index (χ0v) is 11.1. The molecule has 1 heterocycles. The SMILES string of the molecule is CNC1CCCC1N1CCCC(N(C)C)C1. The lowest BCUT2D eigenvalue weighted by Crippen LogP contribution is -2.53. The van der Waals surface area contributed by atoms with E-state index in [-0.39, 0.29) is 0 Å². The second-order valence-electron chi connectivity index (χ2n) is 5.65. The van der Waals surface area contributed by atoms with Gasteiger partial charge in [0.1, 0.15) is 0 Å². The quantitative estimate of drug-likeness (QED) is 0.777. The molecule has 0 amide bonds. The van der Waals surface area contributed by atoms with Gasteiger partial charge in [-0.3, -0.25) is 4.90 Å². The molecule has 0 spiro atoms. The van der Waals surface area contributed by atoms with E-state index in [1.54, 1.807) is 0 Å². The van der Waals surface area contributed by atoms with E-state index >= 15 is 0 Å². The molecule has 94 valence electrons. The Morgan fingerprint density at radius 2 is 1.94 bits per heavy atom. The van der Waals surface area contributed by atoms with Crippen LogP contribution >= 0.6 is 0 Å². The van der Waals surface area contributed by atoms with Gasteiger partial charge in [-0.15, -0.1) is 0 Å². The van der Waals surface area contributed by atoms with Gasteiger partial charge < -0.3 is 10.2 Å². The van der Waals surface area contributed by atoms with Gasteiger partial charge in [0.2, 0.25) is 0 Å². The Balaban J connectivity index is 1.93. The van der Waals surface area contributed by atoms with E-state index in [1.807, 2.05) is 0 Å². The van der Waals surface area contributed by atoms with Crippen molar-refractivity contribution < 1.29 is 0 Å². The van der Waals surface area contributed by atoms with Crippen molar-refractivity contribution in [3.05, 3.63) is 0 Å². The molecule has 1 saturated heterocycles. The van der Waals surface area contributed by atoms with Crippen molar-refractivity contribution in [2.45, 2.75) is 50.2 Å². The topological polar surface area (TPSA) is 18.5 Å². The molecule has 3 nitrogen and oxygen atoms in total. The summed E-state index contributed by atoms with van der Waals surface area (Å²) in [6.45, 7) is 2.59. The molecule has 3 heteroatoms. The Labute approximate surface area is 100 Å². The molecule has 3 unspecified atom stereocenters. The van der Waals surface area contributed by atoms with Crippen molar-refractivity contribution in [3.63, 3.8) is 0 Å². The van der Waals surface area contributed by atoms with Crippen molar-refractivity contribution in [2.24, 2.45) is 0 Å². The first kappa shape index (κ1) is 12.3. The number of nitrogens with one attached hydrogen (secondary N) is 1. The first-order valence-corrected chi connectivity index (χ1v) is 6.80. The van der Waals surface area contributed by atoms with Gasteiger partial charge in [-0.2, -0.15) is 0 Å². The average Bonchev–Trinajstić information content (AvgIpc) is 2.77. The summed E-state index contributed by atoms with van der Waals surface area (Å²) in [4.78, 5) is 5.14. The lowest BCUT2D eigenvalue weighted by Gasteiger charge is -2.41. The number of hydrogen-bond donors (Lipinski definition) is 1. The number of hydrogen-bond acceptors (Lipinski definition) is 3. The molecular weight excluding hydrogens is 198 g/mol. The van der Waals surface area contributed by atoms with Crippen LogP contribution in [0, 0.1) is 0 Å². The summed E-state index contributed by atoms with van der Waals surface area (Å²) in [5.41, 5.74) is 0. The number of piperidine rings is 1. The van der Waals surface area contributed by atoms with Gasteiger partial charge in [0, 0.05) is 24.7 Å².